The number of benzene rings is 2. The summed E-state index contributed by atoms with van der Waals surface area (Å²) < 4.78 is 5.62. The number of nitriles is 1. The van der Waals surface area contributed by atoms with Crippen molar-refractivity contribution >= 4 is 29.3 Å². The van der Waals surface area contributed by atoms with Crippen LogP contribution in [0.2, 0.25) is 5.02 Å². The molecule has 0 bridgehead atoms. The van der Waals surface area contributed by atoms with Crippen LogP contribution in [0.25, 0.3) is 6.08 Å². The van der Waals surface area contributed by atoms with Crippen LogP contribution in [0.3, 0.4) is 0 Å². The number of ether oxygens (including phenoxy) is 1. The van der Waals surface area contributed by atoms with Gasteiger partial charge in [-0.2, -0.15) is 5.26 Å². The quantitative estimate of drug-likeness (QED) is 0.674. The fourth-order valence-electron chi connectivity index (χ4n) is 2.30. The first-order valence-electron chi connectivity index (χ1n) is 7.27. The van der Waals surface area contributed by atoms with Gasteiger partial charge in [-0.05, 0) is 48.1 Å². The molecule has 0 spiro atoms. The molecule has 24 heavy (non-hydrogen) atoms. The van der Waals surface area contributed by atoms with Gasteiger partial charge in [-0.3, -0.25) is 4.79 Å². The first-order valence-corrected chi connectivity index (χ1v) is 7.64. The summed E-state index contributed by atoms with van der Waals surface area (Å²) in [6.07, 6.45) is 3.39. The molecule has 0 fully saturated rings. The summed E-state index contributed by atoms with van der Waals surface area (Å²) in [7, 11) is 0. The highest BCUT2D eigenvalue weighted by Gasteiger charge is 2.14. The van der Waals surface area contributed by atoms with Crippen molar-refractivity contribution < 1.29 is 9.53 Å². The summed E-state index contributed by atoms with van der Waals surface area (Å²) in [4.78, 5) is 12.2. The van der Waals surface area contributed by atoms with E-state index in [0.717, 1.165) is 16.9 Å². The summed E-state index contributed by atoms with van der Waals surface area (Å²) in [5, 5.41) is 12.6. The molecule has 1 amide bonds. The van der Waals surface area contributed by atoms with Gasteiger partial charge in [0.15, 0.2) is 0 Å². The Bertz CT molecular complexity index is 880. The van der Waals surface area contributed by atoms with E-state index in [2.05, 4.69) is 5.32 Å². The molecule has 4 nitrogen and oxygen atoms in total. The Hall–Kier alpha value is -3.03. The van der Waals surface area contributed by atoms with Crippen molar-refractivity contribution in [1.29, 1.82) is 5.26 Å². The van der Waals surface area contributed by atoms with Crippen molar-refractivity contribution in [2.75, 3.05) is 11.9 Å². The Morgan fingerprint density at radius 1 is 1.25 bits per heavy atom. The normalized spacial score (nSPS) is 13.2. The van der Waals surface area contributed by atoms with E-state index >= 15 is 0 Å². The molecule has 0 saturated heterocycles. The average Bonchev–Trinajstić information content (AvgIpc) is 2.60. The van der Waals surface area contributed by atoms with Crippen molar-refractivity contribution in [3.63, 3.8) is 0 Å². The molecular weight excluding hydrogens is 324 g/mol. The maximum Gasteiger partial charge on any atom is 0.266 e. The summed E-state index contributed by atoms with van der Waals surface area (Å²) in [6.45, 7) is 0.290. The number of fused-ring (bicyclic) bond motifs is 1. The highest BCUT2D eigenvalue weighted by Crippen LogP contribution is 2.29. The van der Waals surface area contributed by atoms with Crippen molar-refractivity contribution in [2.45, 2.75) is 0 Å². The van der Waals surface area contributed by atoms with Crippen molar-refractivity contribution in [1.82, 2.24) is 0 Å². The molecule has 1 heterocycles. The van der Waals surface area contributed by atoms with Gasteiger partial charge < -0.3 is 10.1 Å². The molecule has 118 valence electrons. The van der Waals surface area contributed by atoms with Gasteiger partial charge in [0.1, 0.15) is 24.0 Å². The van der Waals surface area contributed by atoms with Gasteiger partial charge in [0, 0.05) is 16.3 Å². The van der Waals surface area contributed by atoms with E-state index in [1.807, 2.05) is 30.3 Å². The lowest BCUT2D eigenvalue weighted by molar-refractivity contribution is -0.112. The number of nitrogens with one attached hydrogen (secondary N) is 1. The molecule has 3 rings (SSSR count). The largest absolute Gasteiger partial charge is 0.488 e. The van der Waals surface area contributed by atoms with Crippen molar-refractivity contribution in [2.24, 2.45) is 0 Å². The van der Waals surface area contributed by atoms with Crippen LogP contribution in [0.5, 0.6) is 5.75 Å². The highest BCUT2D eigenvalue weighted by molar-refractivity contribution is 6.30. The van der Waals surface area contributed by atoms with Gasteiger partial charge in [0.05, 0.1) is 0 Å². The number of nitrogens with zero attached hydrogens (tertiary/aromatic N) is 1. The number of hydrogen-bond acceptors (Lipinski definition) is 3. The molecule has 2 aromatic carbocycles. The first kappa shape index (κ1) is 15.9. The molecule has 0 atom stereocenters. The number of halogens is 1. The maximum atomic E-state index is 12.2. The fraction of sp³-hybridized carbons (Fsp3) is 0.0526. The minimum atomic E-state index is -0.457. The third-order valence-corrected chi connectivity index (χ3v) is 3.67. The summed E-state index contributed by atoms with van der Waals surface area (Å²) in [5.41, 5.74) is 2.19. The van der Waals surface area contributed by atoms with Crippen LogP contribution in [0.1, 0.15) is 5.56 Å². The number of anilines is 1. The lowest BCUT2D eigenvalue weighted by atomic mass is 10.0. The Balaban J connectivity index is 1.83. The van der Waals surface area contributed by atoms with E-state index in [9.17, 15) is 10.1 Å². The lowest BCUT2D eigenvalue weighted by Crippen LogP contribution is -2.14. The van der Waals surface area contributed by atoms with Gasteiger partial charge in [-0.25, -0.2) is 0 Å². The van der Waals surface area contributed by atoms with Crippen molar-refractivity contribution in [3.05, 3.63) is 76.3 Å². The number of carbonyl (C=O) groups is 1. The molecule has 0 aromatic heterocycles. The van der Waals surface area contributed by atoms with Crippen molar-refractivity contribution in [3.8, 4) is 11.8 Å². The molecule has 1 aliphatic heterocycles. The SMILES string of the molecule is N#C/C(=C\C1=Cc2cc(Cl)ccc2OC1)C(=O)Nc1ccccc1. The lowest BCUT2D eigenvalue weighted by Gasteiger charge is -2.16. The molecule has 0 saturated carbocycles. The average molecular weight is 337 g/mol. The zero-order chi connectivity index (χ0) is 16.9. The van der Waals surface area contributed by atoms with Crippen LogP contribution in [-0.4, -0.2) is 12.5 Å². The Kier molecular flexibility index (Phi) is 4.64. The molecule has 0 aliphatic carbocycles. The predicted molar refractivity (Wildman–Crippen MR) is 93.7 cm³/mol. The third-order valence-electron chi connectivity index (χ3n) is 3.43. The fourth-order valence-corrected chi connectivity index (χ4v) is 2.48. The Morgan fingerprint density at radius 3 is 2.79 bits per heavy atom. The van der Waals surface area contributed by atoms with Gasteiger partial charge in [0.25, 0.3) is 5.91 Å². The van der Waals surface area contributed by atoms with Crippen LogP contribution in [-0.2, 0) is 4.79 Å². The number of rotatable bonds is 3. The second kappa shape index (κ2) is 7.03. The minimum Gasteiger partial charge on any atom is -0.488 e. The van der Waals surface area contributed by atoms with E-state index < -0.39 is 5.91 Å². The number of hydrogen-bond donors (Lipinski definition) is 1. The van der Waals surface area contributed by atoms with Crippen LogP contribution in [0.4, 0.5) is 5.69 Å². The molecule has 2 aromatic rings. The second-order valence-corrected chi connectivity index (χ2v) is 5.62. The number of amides is 1. The maximum absolute atomic E-state index is 12.2. The highest BCUT2D eigenvalue weighted by atomic mass is 35.5. The van der Waals surface area contributed by atoms with Gasteiger partial charge in [0.2, 0.25) is 0 Å². The van der Waals surface area contributed by atoms with Gasteiger partial charge in [-0.15, -0.1) is 0 Å². The van der Waals surface area contributed by atoms with Gasteiger partial charge >= 0.3 is 0 Å². The zero-order valence-corrected chi connectivity index (χ0v) is 13.4. The molecule has 0 unspecified atom stereocenters. The Labute approximate surface area is 144 Å². The minimum absolute atomic E-state index is 0.0131. The molecule has 0 radical (unpaired) electrons. The predicted octanol–water partition coefficient (Wildman–Crippen LogP) is 4.20. The molecule has 5 heteroatoms. The standard InChI is InChI=1S/C19H13ClN2O2/c20-16-6-7-18-14(10-16)8-13(12-24-18)9-15(11-21)19(23)22-17-4-2-1-3-5-17/h1-10H,12H2,(H,22,23)/b15-9+. The monoisotopic (exact) mass is 336 g/mol. The van der Waals surface area contributed by atoms with Gasteiger partial charge in [-0.1, -0.05) is 29.8 Å². The number of para-hydroxylation sites is 1. The first-order chi connectivity index (χ1) is 11.7. The Morgan fingerprint density at radius 2 is 2.04 bits per heavy atom. The smallest absolute Gasteiger partial charge is 0.266 e. The summed E-state index contributed by atoms with van der Waals surface area (Å²) in [6, 6.07) is 16.2. The number of carbonyl (C=O) groups excluding carboxylic acids is 1. The molecule has 1 N–H and O–H groups in total. The topological polar surface area (TPSA) is 62.1 Å². The summed E-state index contributed by atoms with van der Waals surface area (Å²) in [5.74, 6) is 0.269. The zero-order valence-electron chi connectivity index (χ0n) is 12.6. The van der Waals surface area contributed by atoms with E-state index in [-0.39, 0.29) is 5.57 Å². The molecular formula is C19H13ClN2O2. The third kappa shape index (κ3) is 3.65. The van der Waals surface area contributed by atoms with E-state index in [0.29, 0.717) is 17.3 Å². The second-order valence-electron chi connectivity index (χ2n) is 5.18. The van der Waals surface area contributed by atoms with Crippen LogP contribution < -0.4 is 10.1 Å². The van der Waals surface area contributed by atoms with Crippen LogP contribution >= 0.6 is 11.6 Å². The van der Waals surface area contributed by atoms with E-state index in [1.54, 1.807) is 30.3 Å². The van der Waals surface area contributed by atoms with E-state index in [4.69, 9.17) is 16.3 Å². The van der Waals surface area contributed by atoms with Crippen LogP contribution in [0, 0.1) is 11.3 Å². The molecule has 1 aliphatic rings. The van der Waals surface area contributed by atoms with Crippen LogP contribution in [0.15, 0.2) is 65.8 Å². The van der Waals surface area contributed by atoms with E-state index in [1.165, 1.54) is 6.08 Å². The summed E-state index contributed by atoms with van der Waals surface area (Å²) >= 11 is 5.98.